The molecule has 0 saturated heterocycles. The fourth-order valence-corrected chi connectivity index (χ4v) is 1.89. The summed E-state index contributed by atoms with van der Waals surface area (Å²) in [5.41, 5.74) is 1.36. The smallest absolute Gasteiger partial charge is 0.0617 e. The third-order valence-electron chi connectivity index (χ3n) is 2.05. The zero-order valence-corrected chi connectivity index (χ0v) is 11.9. The Kier molecular flexibility index (Phi) is 8.94. The minimum absolute atomic E-state index is 0. The largest absolute Gasteiger partial charge is 0.380 e. The number of nitrogens with one attached hydrogen (secondary N) is 1. The zero-order chi connectivity index (χ0) is 11.1. The number of rotatable bonds is 7. The van der Waals surface area contributed by atoms with E-state index in [-0.39, 0.29) is 12.4 Å². The summed E-state index contributed by atoms with van der Waals surface area (Å²) in [7, 11) is 0. The molecular formula is C12H22ClNOS. The maximum Gasteiger partial charge on any atom is 0.0617 e. The van der Waals surface area contributed by atoms with Gasteiger partial charge in [-0.1, -0.05) is 13.8 Å². The van der Waals surface area contributed by atoms with Crippen molar-refractivity contribution in [3.8, 4) is 0 Å². The summed E-state index contributed by atoms with van der Waals surface area (Å²) < 4.78 is 5.57. The lowest BCUT2D eigenvalue weighted by molar-refractivity contribution is 0.0935. The molecule has 0 radical (unpaired) electrons. The van der Waals surface area contributed by atoms with Crippen LogP contribution in [-0.2, 0) is 11.3 Å². The highest BCUT2D eigenvalue weighted by molar-refractivity contribution is 7.07. The van der Waals surface area contributed by atoms with Crippen LogP contribution in [0.5, 0.6) is 0 Å². The molecule has 1 N–H and O–H groups in total. The molecule has 0 spiro atoms. The van der Waals surface area contributed by atoms with E-state index in [1.165, 1.54) is 5.56 Å². The molecule has 0 aliphatic carbocycles. The first-order valence-electron chi connectivity index (χ1n) is 5.50. The monoisotopic (exact) mass is 263 g/mol. The van der Waals surface area contributed by atoms with Gasteiger partial charge in [-0.05, 0) is 35.2 Å². The summed E-state index contributed by atoms with van der Waals surface area (Å²) in [6.45, 7) is 9.09. The fourth-order valence-electron chi connectivity index (χ4n) is 1.22. The molecule has 0 saturated carbocycles. The molecule has 1 atom stereocenters. The zero-order valence-electron chi connectivity index (χ0n) is 10.2. The van der Waals surface area contributed by atoms with E-state index in [0.717, 1.165) is 19.8 Å². The Balaban J connectivity index is 0.00000225. The Morgan fingerprint density at radius 1 is 1.31 bits per heavy atom. The summed E-state index contributed by atoms with van der Waals surface area (Å²) in [4.78, 5) is 0. The van der Waals surface area contributed by atoms with E-state index < -0.39 is 0 Å². The summed E-state index contributed by atoms with van der Waals surface area (Å²) >= 11 is 1.74. The summed E-state index contributed by atoms with van der Waals surface area (Å²) in [5.74, 6) is 0.620. The van der Waals surface area contributed by atoms with E-state index in [9.17, 15) is 0 Å². The van der Waals surface area contributed by atoms with Gasteiger partial charge in [0.25, 0.3) is 0 Å². The minimum Gasteiger partial charge on any atom is -0.380 e. The number of ether oxygens (including phenoxy) is 1. The second-order valence-corrected chi connectivity index (χ2v) is 5.12. The summed E-state index contributed by atoms with van der Waals surface area (Å²) in [6, 6.07) is 2.57. The van der Waals surface area contributed by atoms with Crippen molar-refractivity contribution in [1.82, 2.24) is 5.32 Å². The van der Waals surface area contributed by atoms with E-state index >= 15 is 0 Å². The van der Waals surface area contributed by atoms with Crippen LogP contribution in [-0.4, -0.2) is 19.3 Å². The van der Waals surface area contributed by atoms with Crippen molar-refractivity contribution in [3.63, 3.8) is 0 Å². The molecule has 1 rings (SSSR count). The van der Waals surface area contributed by atoms with E-state index in [1.807, 2.05) is 0 Å². The average Bonchev–Trinajstić information content (AvgIpc) is 2.66. The van der Waals surface area contributed by atoms with Gasteiger partial charge in [-0.25, -0.2) is 0 Å². The normalized spacial score (nSPS) is 12.5. The van der Waals surface area contributed by atoms with Crippen LogP contribution in [0, 0.1) is 5.92 Å². The lowest BCUT2D eigenvalue weighted by atomic mass is 10.2. The third kappa shape index (κ3) is 7.23. The van der Waals surface area contributed by atoms with Crippen molar-refractivity contribution in [2.75, 3.05) is 13.2 Å². The van der Waals surface area contributed by atoms with Crippen molar-refractivity contribution in [1.29, 1.82) is 0 Å². The maximum absolute atomic E-state index is 5.57. The van der Waals surface area contributed by atoms with Crippen LogP contribution in [0.1, 0.15) is 26.3 Å². The average molecular weight is 264 g/mol. The molecule has 16 heavy (non-hydrogen) atoms. The Hall–Kier alpha value is -0.0900. The van der Waals surface area contributed by atoms with Crippen LogP contribution in [0.4, 0.5) is 0 Å². The Morgan fingerprint density at radius 2 is 2.06 bits per heavy atom. The highest BCUT2D eigenvalue weighted by Crippen LogP contribution is 2.05. The van der Waals surface area contributed by atoms with Crippen molar-refractivity contribution in [2.45, 2.75) is 33.4 Å². The number of halogens is 1. The van der Waals surface area contributed by atoms with E-state index in [4.69, 9.17) is 4.74 Å². The first-order valence-corrected chi connectivity index (χ1v) is 6.45. The second-order valence-electron chi connectivity index (χ2n) is 4.34. The van der Waals surface area contributed by atoms with E-state index in [0.29, 0.717) is 12.0 Å². The lowest BCUT2D eigenvalue weighted by Gasteiger charge is -2.14. The molecule has 0 aliphatic rings. The second kappa shape index (κ2) is 8.99. The van der Waals surface area contributed by atoms with Gasteiger partial charge in [0.1, 0.15) is 0 Å². The van der Waals surface area contributed by atoms with Gasteiger partial charge in [0.2, 0.25) is 0 Å². The van der Waals surface area contributed by atoms with Gasteiger partial charge >= 0.3 is 0 Å². The first kappa shape index (κ1) is 15.9. The molecule has 1 aromatic rings. The Morgan fingerprint density at radius 3 is 2.62 bits per heavy atom. The first-order chi connectivity index (χ1) is 7.18. The number of hydrogen-bond acceptors (Lipinski definition) is 3. The van der Waals surface area contributed by atoms with E-state index in [2.05, 4.69) is 42.9 Å². The van der Waals surface area contributed by atoms with Crippen LogP contribution in [0.3, 0.4) is 0 Å². The molecule has 1 heterocycles. The molecule has 1 aromatic heterocycles. The van der Waals surface area contributed by atoms with Crippen molar-refractivity contribution in [3.05, 3.63) is 22.4 Å². The summed E-state index contributed by atoms with van der Waals surface area (Å²) in [6.07, 6.45) is 0. The SMILES string of the molecule is CC(C)COCC(C)NCc1ccsc1.Cl. The standard InChI is InChI=1S/C12H21NOS.ClH/c1-10(2)7-14-8-11(3)13-6-12-4-5-15-9-12;/h4-5,9-11,13H,6-8H2,1-3H3;1H. The van der Waals surface area contributed by atoms with Gasteiger partial charge in [0.15, 0.2) is 0 Å². The molecule has 0 fully saturated rings. The number of hydrogen-bond donors (Lipinski definition) is 1. The lowest BCUT2D eigenvalue weighted by Crippen LogP contribution is -2.30. The van der Waals surface area contributed by atoms with Gasteiger partial charge in [0.05, 0.1) is 6.61 Å². The molecule has 2 nitrogen and oxygen atoms in total. The Bertz CT molecular complexity index is 252. The van der Waals surface area contributed by atoms with Gasteiger partial charge < -0.3 is 10.1 Å². The highest BCUT2D eigenvalue weighted by atomic mass is 35.5. The van der Waals surface area contributed by atoms with Crippen LogP contribution >= 0.6 is 23.7 Å². The minimum atomic E-state index is 0. The molecular weight excluding hydrogens is 242 g/mol. The van der Waals surface area contributed by atoms with Crippen molar-refractivity contribution in [2.24, 2.45) is 5.92 Å². The highest BCUT2D eigenvalue weighted by Gasteiger charge is 2.02. The van der Waals surface area contributed by atoms with Crippen LogP contribution in [0.15, 0.2) is 16.8 Å². The number of thiophene rings is 1. The maximum atomic E-state index is 5.57. The Labute approximate surface area is 109 Å². The molecule has 0 bridgehead atoms. The molecule has 0 aliphatic heterocycles. The molecule has 0 aromatic carbocycles. The summed E-state index contributed by atoms with van der Waals surface area (Å²) in [5, 5.41) is 7.72. The topological polar surface area (TPSA) is 21.3 Å². The molecule has 94 valence electrons. The predicted octanol–water partition coefficient (Wildman–Crippen LogP) is 3.32. The van der Waals surface area contributed by atoms with Gasteiger partial charge in [0, 0.05) is 19.2 Å². The molecule has 0 amide bonds. The van der Waals surface area contributed by atoms with Crippen LogP contribution in [0.2, 0.25) is 0 Å². The van der Waals surface area contributed by atoms with Crippen molar-refractivity contribution >= 4 is 23.7 Å². The quantitative estimate of drug-likeness (QED) is 0.815. The molecule has 4 heteroatoms. The van der Waals surface area contributed by atoms with Crippen molar-refractivity contribution < 1.29 is 4.74 Å². The molecule has 1 unspecified atom stereocenters. The third-order valence-corrected chi connectivity index (χ3v) is 2.79. The predicted molar refractivity (Wildman–Crippen MR) is 73.5 cm³/mol. The van der Waals surface area contributed by atoms with Gasteiger partial charge in [-0.2, -0.15) is 11.3 Å². The van der Waals surface area contributed by atoms with Gasteiger partial charge in [-0.15, -0.1) is 12.4 Å². The van der Waals surface area contributed by atoms with Gasteiger partial charge in [-0.3, -0.25) is 0 Å². The van der Waals surface area contributed by atoms with Crippen LogP contribution in [0.25, 0.3) is 0 Å². The van der Waals surface area contributed by atoms with E-state index in [1.54, 1.807) is 11.3 Å². The van der Waals surface area contributed by atoms with Crippen LogP contribution < -0.4 is 5.32 Å². The fraction of sp³-hybridized carbons (Fsp3) is 0.667.